The molecule has 3 rings (SSSR count). The van der Waals surface area contributed by atoms with Crippen molar-refractivity contribution in [2.75, 3.05) is 11.9 Å². The number of anilines is 1. The van der Waals surface area contributed by atoms with Crippen LogP contribution in [0.15, 0.2) is 70.0 Å². The first-order valence-electron chi connectivity index (χ1n) is 9.63. The number of nitrogens with zero attached hydrogens (tertiary/aromatic N) is 1. The highest BCUT2D eigenvalue weighted by Crippen LogP contribution is 2.26. The molecular weight excluding hydrogens is 535 g/mol. The van der Waals surface area contributed by atoms with Crippen molar-refractivity contribution < 1.29 is 13.2 Å². The lowest BCUT2D eigenvalue weighted by Crippen LogP contribution is -2.37. The quantitative estimate of drug-likeness (QED) is 0.377. The van der Waals surface area contributed by atoms with Gasteiger partial charge in [0.15, 0.2) is 0 Å². The number of nitrogens with one attached hydrogen (secondary N) is 1. The van der Waals surface area contributed by atoms with E-state index in [2.05, 4.69) is 21.2 Å². The smallest absolute Gasteiger partial charge is 0.243 e. The number of amides is 1. The second-order valence-electron chi connectivity index (χ2n) is 7.29. The van der Waals surface area contributed by atoms with Gasteiger partial charge < -0.3 is 5.32 Å². The second kappa shape index (κ2) is 10.4. The normalized spacial score (nSPS) is 11.6. The maximum atomic E-state index is 13.4. The minimum Gasteiger partial charge on any atom is -0.324 e. The maximum Gasteiger partial charge on any atom is 0.243 e. The third-order valence-electron chi connectivity index (χ3n) is 4.86. The van der Waals surface area contributed by atoms with Crippen molar-refractivity contribution in [2.24, 2.45) is 0 Å². The Bertz CT molecular complexity index is 1230. The molecule has 5 nitrogen and oxygen atoms in total. The summed E-state index contributed by atoms with van der Waals surface area (Å²) in [7, 11) is -3.97. The van der Waals surface area contributed by atoms with Gasteiger partial charge >= 0.3 is 0 Å². The van der Waals surface area contributed by atoms with E-state index in [0.717, 1.165) is 19.9 Å². The SMILES string of the molecule is Cc1cccc(C)c1NC(=O)CN(Cc1ccc(Cl)c(Cl)c1)S(=O)(=O)c1ccc(Br)cc1. The third-order valence-corrected chi connectivity index (χ3v) is 7.93. The average molecular weight is 556 g/mol. The van der Waals surface area contributed by atoms with Gasteiger partial charge in [-0.15, -0.1) is 0 Å². The number of rotatable bonds is 7. The molecule has 168 valence electrons. The van der Waals surface area contributed by atoms with Crippen molar-refractivity contribution in [3.05, 3.63) is 91.9 Å². The zero-order valence-corrected chi connectivity index (χ0v) is 21.3. The molecule has 0 unspecified atom stereocenters. The largest absolute Gasteiger partial charge is 0.324 e. The van der Waals surface area contributed by atoms with Gasteiger partial charge in [0, 0.05) is 16.7 Å². The van der Waals surface area contributed by atoms with E-state index in [1.807, 2.05) is 32.0 Å². The number of aryl methyl sites for hydroxylation is 2. The minimum absolute atomic E-state index is 0.0462. The van der Waals surface area contributed by atoms with Gasteiger partial charge in [-0.3, -0.25) is 4.79 Å². The summed E-state index contributed by atoms with van der Waals surface area (Å²) in [5, 5.41) is 3.52. The lowest BCUT2D eigenvalue weighted by molar-refractivity contribution is -0.116. The summed E-state index contributed by atoms with van der Waals surface area (Å²) in [5.74, 6) is -0.442. The van der Waals surface area contributed by atoms with Gasteiger partial charge in [0.1, 0.15) is 0 Å². The Balaban J connectivity index is 1.93. The second-order valence-corrected chi connectivity index (χ2v) is 11.0. The van der Waals surface area contributed by atoms with Crippen LogP contribution in [0, 0.1) is 13.8 Å². The molecule has 0 heterocycles. The predicted molar refractivity (Wildman–Crippen MR) is 133 cm³/mol. The average Bonchev–Trinajstić information content (AvgIpc) is 2.73. The van der Waals surface area contributed by atoms with E-state index in [1.54, 1.807) is 30.3 Å². The summed E-state index contributed by atoms with van der Waals surface area (Å²) in [4.78, 5) is 13.0. The Morgan fingerprint density at radius 3 is 2.19 bits per heavy atom. The van der Waals surface area contributed by atoms with E-state index in [9.17, 15) is 13.2 Å². The molecular formula is C23H21BrCl2N2O3S. The Morgan fingerprint density at radius 2 is 1.59 bits per heavy atom. The molecule has 32 heavy (non-hydrogen) atoms. The van der Waals surface area contributed by atoms with E-state index < -0.39 is 15.9 Å². The van der Waals surface area contributed by atoms with E-state index >= 15 is 0 Å². The highest BCUT2D eigenvalue weighted by atomic mass is 79.9. The van der Waals surface area contributed by atoms with Crippen LogP contribution in [0.2, 0.25) is 10.0 Å². The first-order chi connectivity index (χ1) is 15.1. The van der Waals surface area contributed by atoms with Crippen molar-refractivity contribution in [3.63, 3.8) is 0 Å². The molecule has 0 aliphatic carbocycles. The van der Waals surface area contributed by atoms with Gasteiger partial charge in [0.2, 0.25) is 15.9 Å². The van der Waals surface area contributed by atoms with Crippen LogP contribution in [0.1, 0.15) is 16.7 Å². The van der Waals surface area contributed by atoms with Crippen LogP contribution < -0.4 is 5.32 Å². The third kappa shape index (κ3) is 5.91. The molecule has 0 saturated carbocycles. The van der Waals surface area contributed by atoms with Crippen LogP contribution in [0.3, 0.4) is 0 Å². The molecule has 0 spiro atoms. The standard InChI is InChI=1S/C23H21BrCl2N2O3S/c1-15-4-3-5-16(2)23(15)27-22(29)14-28(13-17-6-11-20(25)21(26)12-17)32(30,31)19-9-7-18(24)8-10-19/h3-12H,13-14H2,1-2H3,(H,27,29). The van der Waals surface area contributed by atoms with Crippen molar-refractivity contribution in [1.29, 1.82) is 0 Å². The van der Waals surface area contributed by atoms with Gasteiger partial charge in [-0.2, -0.15) is 4.31 Å². The van der Waals surface area contributed by atoms with Gasteiger partial charge in [0.25, 0.3) is 0 Å². The molecule has 0 saturated heterocycles. The van der Waals surface area contributed by atoms with Crippen LogP contribution in [0.4, 0.5) is 5.69 Å². The number of hydrogen-bond acceptors (Lipinski definition) is 3. The van der Waals surface area contributed by atoms with Crippen LogP contribution in [-0.4, -0.2) is 25.2 Å². The van der Waals surface area contributed by atoms with Crippen molar-refractivity contribution >= 4 is 60.7 Å². The molecule has 0 aliphatic heterocycles. The number of carbonyl (C=O) groups is 1. The Kier molecular flexibility index (Phi) is 8.01. The number of sulfonamides is 1. The fraction of sp³-hybridized carbons (Fsp3) is 0.174. The number of carbonyl (C=O) groups excluding carboxylic acids is 1. The summed E-state index contributed by atoms with van der Waals surface area (Å²) in [6, 6.07) is 16.8. The van der Waals surface area contributed by atoms with E-state index in [1.165, 1.54) is 12.1 Å². The van der Waals surface area contributed by atoms with Crippen molar-refractivity contribution in [3.8, 4) is 0 Å². The monoisotopic (exact) mass is 554 g/mol. The molecule has 0 atom stereocenters. The molecule has 0 aliphatic rings. The Morgan fingerprint density at radius 1 is 0.969 bits per heavy atom. The molecule has 9 heteroatoms. The van der Waals surface area contributed by atoms with Crippen molar-refractivity contribution in [2.45, 2.75) is 25.3 Å². The Labute approximate surface area is 206 Å². The van der Waals surface area contributed by atoms with E-state index in [0.29, 0.717) is 21.3 Å². The minimum atomic E-state index is -3.97. The summed E-state index contributed by atoms with van der Waals surface area (Å²) >= 11 is 15.4. The van der Waals surface area contributed by atoms with Crippen LogP contribution in [-0.2, 0) is 21.4 Å². The van der Waals surface area contributed by atoms with E-state index in [-0.39, 0.29) is 18.0 Å². The zero-order valence-electron chi connectivity index (χ0n) is 17.4. The zero-order chi connectivity index (χ0) is 23.5. The molecule has 0 aromatic heterocycles. The summed E-state index contributed by atoms with van der Waals surface area (Å²) in [5.41, 5.74) is 3.07. The fourth-order valence-electron chi connectivity index (χ4n) is 3.17. The van der Waals surface area contributed by atoms with Crippen LogP contribution in [0.5, 0.6) is 0 Å². The Hall–Kier alpha value is -1.90. The number of para-hydroxylation sites is 1. The van der Waals surface area contributed by atoms with Gasteiger partial charge in [-0.1, -0.05) is 63.4 Å². The molecule has 0 radical (unpaired) electrons. The summed E-state index contributed by atoms with van der Waals surface area (Å²) in [6.07, 6.45) is 0. The molecule has 3 aromatic carbocycles. The molecule has 0 bridgehead atoms. The lowest BCUT2D eigenvalue weighted by atomic mass is 10.1. The summed E-state index contributed by atoms with van der Waals surface area (Å²) in [6.45, 7) is 3.35. The van der Waals surface area contributed by atoms with Crippen LogP contribution >= 0.6 is 39.1 Å². The number of benzene rings is 3. The first kappa shape index (κ1) is 24.7. The van der Waals surface area contributed by atoms with Gasteiger partial charge in [-0.25, -0.2) is 8.42 Å². The first-order valence-corrected chi connectivity index (χ1v) is 12.6. The van der Waals surface area contributed by atoms with Crippen molar-refractivity contribution in [1.82, 2.24) is 4.31 Å². The number of hydrogen-bond donors (Lipinski definition) is 1. The summed E-state index contributed by atoms with van der Waals surface area (Å²) < 4.78 is 28.7. The van der Waals surface area contributed by atoms with E-state index in [4.69, 9.17) is 23.2 Å². The van der Waals surface area contributed by atoms with Gasteiger partial charge in [-0.05, 0) is 66.9 Å². The van der Waals surface area contributed by atoms with Gasteiger partial charge in [0.05, 0.1) is 21.5 Å². The number of halogens is 3. The maximum absolute atomic E-state index is 13.4. The molecule has 0 fully saturated rings. The van der Waals surface area contributed by atoms with Crippen LogP contribution in [0.25, 0.3) is 0 Å². The molecule has 1 amide bonds. The topological polar surface area (TPSA) is 66.5 Å². The highest BCUT2D eigenvalue weighted by Gasteiger charge is 2.27. The predicted octanol–water partition coefficient (Wildman–Crippen LogP) is 6.20. The fourth-order valence-corrected chi connectivity index (χ4v) is 5.14. The molecule has 3 aromatic rings. The lowest BCUT2D eigenvalue weighted by Gasteiger charge is -2.23. The highest BCUT2D eigenvalue weighted by molar-refractivity contribution is 9.10. The molecule has 1 N–H and O–H groups in total.